The van der Waals surface area contributed by atoms with Crippen LogP contribution in [-0.2, 0) is 11.0 Å². The number of pyridine rings is 1. The highest BCUT2D eigenvalue weighted by Crippen LogP contribution is 2.30. The van der Waals surface area contributed by atoms with Crippen molar-refractivity contribution in [3.63, 3.8) is 0 Å². The predicted molar refractivity (Wildman–Crippen MR) is 98.7 cm³/mol. The first-order chi connectivity index (χ1) is 13.7. The Morgan fingerprint density at radius 2 is 1.90 bits per heavy atom. The number of hydrogen-bond acceptors (Lipinski definition) is 4. The van der Waals surface area contributed by atoms with E-state index in [0.29, 0.717) is 13.0 Å². The summed E-state index contributed by atoms with van der Waals surface area (Å²) >= 11 is 0. The Kier molecular flexibility index (Phi) is 5.44. The Hall–Kier alpha value is -3.56. The van der Waals surface area contributed by atoms with Gasteiger partial charge in [-0.1, -0.05) is 18.2 Å². The Morgan fingerprint density at radius 1 is 1.17 bits per heavy atom. The van der Waals surface area contributed by atoms with Crippen LogP contribution < -0.4 is 15.4 Å². The lowest BCUT2D eigenvalue weighted by molar-refractivity contribution is -0.142. The lowest BCUT2D eigenvalue weighted by atomic mass is 10.2. The number of alkyl halides is 3. The van der Waals surface area contributed by atoms with Crippen LogP contribution in [0.15, 0.2) is 48.7 Å². The van der Waals surface area contributed by atoms with Crippen molar-refractivity contribution < 1.29 is 27.5 Å². The fourth-order valence-electron chi connectivity index (χ4n) is 2.77. The first-order valence-corrected chi connectivity index (χ1v) is 8.52. The van der Waals surface area contributed by atoms with Crippen molar-refractivity contribution in [3.8, 4) is 5.75 Å². The highest BCUT2D eigenvalue weighted by atomic mass is 19.4. The highest BCUT2D eigenvalue weighted by molar-refractivity contribution is 5.95. The number of ether oxygens (including phenoxy) is 1. The molecule has 7 nitrogen and oxygen atoms in total. The largest absolute Gasteiger partial charge is 0.491 e. The summed E-state index contributed by atoms with van der Waals surface area (Å²) in [5.74, 6) is 0.0256. The molecule has 1 aliphatic rings. The molecule has 3 aromatic rings. The number of fused-ring (bicyclic) bond motifs is 2. The van der Waals surface area contributed by atoms with Gasteiger partial charge in [0.1, 0.15) is 22.8 Å². The van der Waals surface area contributed by atoms with Crippen molar-refractivity contribution >= 4 is 23.1 Å². The van der Waals surface area contributed by atoms with E-state index in [1.807, 2.05) is 24.3 Å². The SMILES string of the molecule is CN1C(=O)CCOc2ccccc21.NC(=O)c1cn2c(C(F)(F)F)cccc2n1. The minimum absolute atomic E-state index is 0.0311. The molecule has 0 unspecified atom stereocenters. The summed E-state index contributed by atoms with van der Waals surface area (Å²) in [6.45, 7) is 0.472. The van der Waals surface area contributed by atoms with Gasteiger partial charge in [-0.25, -0.2) is 4.98 Å². The average Bonchev–Trinajstić information content (AvgIpc) is 3.06. The van der Waals surface area contributed by atoms with Gasteiger partial charge < -0.3 is 15.4 Å². The number of benzene rings is 1. The van der Waals surface area contributed by atoms with Crippen LogP contribution in [-0.4, -0.2) is 34.9 Å². The molecule has 0 atom stereocenters. The number of imidazole rings is 1. The Morgan fingerprint density at radius 3 is 2.59 bits per heavy atom. The molecule has 4 rings (SSSR count). The third-order valence-corrected chi connectivity index (χ3v) is 4.21. The van der Waals surface area contributed by atoms with Gasteiger partial charge in [0.25, 0.3) is 5.91 Å². The van der Waals surface area contributed by atoms with Gasteiger partial charge in [-0.15, -0.1) is 0 Å². The van der Waals surface area contributed by atoms with E-state index in [1.165, 1.54) is 12.1 Å². The Balaban J connectivity index is 0.000000169. The van der Waals surface area contributed by atoms with Crippen LogP contribution in [0.2, 0.25) is 0 Å². The number of nitrogens with zero attached hydrogens (tertiary/aromatic N) is 3. The van der Waals surface area contributed by atoms with Crippen LogP contribution >= 0.6 is 0 Å². The van der Waals surface area contributed by atoms with E-state index >= 15 is 0 Å². The molecule has 0 saturated carbocycles. The zero-order valence-electron chi connectivity index (χ0n) is 15.3. The number of hydrogen-bond donors (Lipinski definition) is 1. The second-order valence-corrected chi connectivity index (χ2v) is 6.15. The molecule has 0 radical (unpaired) electrons. The number of halogens is 3. The number of amides is 2. The lowest BCUT2D eigenvalue weighted by Crippen LogP contribution is -2.24. The van der Waals surface area contributed by atoms with Crippen molar-refractivity contribution in [2.75, 3.05) is 18.6 Å². The van der Waals surface area contributed by atoms with Crippen molar-refractivity contribution in [2.45, 2.75) is 12.6 Å². The van der Waals surface area contributed by atoms with Crippen LogP contribution in [0.1, 0.15) is 22.6 Å². The number of carbonyl (C=O) groups excluding carboxylic acids is 2. The summed E-state index contributed by atoms with van der Waals surface area (Å²) in [4.78, 5) is 27.5. The molecule has 29 heavy (non-hydrogen) atoms. The van der Waals surface area contributed by atoms with Gasteiger partial charge in [-0.2, -0.15) is 13.2 Å². The maximum absolute atomic E-state index is 12.6. The molecule has 0 bridgehead atoms. The van der Waals surface area contributed by atoms with E-state index in [4.69, 9.17) is 10.5 Å². The number of para-hydroxylation sites is 2. The molecule has 10 heteroatoms. The van der Waals surface area contributed by atoms with E-state index in [1.54, 1.807) is 11.9 Å². The van der Waals surface area contributed by atoms with Crippen molar-refractivity contribution in [2.24, 2.45) is 5.73 Å². The number of carbonyl (C=O) groups is 2. The molecule has 2 aromatic heterocycles. The van der Waals surface area contributed by atoms with Crippen molar-refractivity contribution in [3.05, 3.63) is 60.0 Å². The fraction of sp³-hybridized carbons (Fsp3) is 0.211. The predicted octanol–water partition coefficient (Wildman–Crippen LogP) is 2.88. The van der Waals surface area contributed by atoms with E-state index in [9.17, 15) is 22.8 Å². The number of primary amides is 1. The second-order valence-electron chi connectivity index (χ2n) is 6.15. The van der Waals surface area contributed by atoms with Crippen molar-refractivity contribution in [1.29, 1.82) is 0 Å². The van der Waals surface area contributed by atoms with Gasteiger partial charge in [-0.3, -0.25) is 14.0 Å². The summed E-state index contributed by atoms with van der Waals surface area (Å²) < 4.78 is 43.9. The third-order valence-electron chi connectivity index (χ3n) is 4.21. The molecular weight excluding hydrogens is 389 g/mol. The number of rotatable bonds is 1. The molecule has 152 valence electrons. The Labute approximate surface area is 163 Å². The van der Waals surface area contributed by atoms with Crippen LogP contribution in [0.25, 0.3) is 5.65 Å². The third kappa shape index (κ3) is 4.31. The minimum Gasteiger partial charge on any atom is -0.491 e. The quantitative estimate of drug-likeness (QED) is 0.673. The standard InChI is InChI=1S/C10H11NO2.C9H6F3N3O/c1-11-8-4-2-3-5-9(8)13-7-6-10(11)12;10-9(11,12)6-2-1-3-7-14-5(8(13)16)4-15(6)7/h2-5H,6-7H2,1H3;1-4H,(H2,13,16). The van der Waals surface area contributed by atoms with Crippen LogP contribution in [0, 0.1) is 0 Å². The molecule has 0 aliphatic carbocycles. The van der Waals surface area contributed by atoms with Gasteiger partial charge in [-0.05, 0) is 24.3 Å². The monoisotopic (exact) mass is 406 g/mol. The smallest absolute Gasteiger partial charge is 0.431 e. The maximum Gasteiger partial charge on any atom is 0.431 e. The molecule has 1 aromatic carbocycles. The van der Waals surface area contributed by atoms with Gasteiger partial charge in [0.15, 0.2) is 0 Å². The maximum atomic E-state index is 12.6. The Bertz CT molecular complexity index is 1060. The summed E-state index contributed by atoms with van der Waals surface area (Å²) in [6, 6.07) is 11.1. The normalized spacial score (nSPS) is 13.8. The van der Waals surface area contributed by atoms with E-state index in [-0.39, 0.29) is 17.2 Å². The number of aromatic nitrogens is 2. The fourth-order valence-corrected chi connectivity index (χ4v) is 2.77. The molecule has 2 N–H and O–H groups in total. The molecule has 1 aliphatic heterocycles. The van der Waals surface area contributed by atoms with Crippen LogP contribution in [0.3, 0.4) is 0 Å². The summed E-state index contributed by atoms with van der Waals surface area (Å²) in [7, 11) is 1.77. The molecule has 0 saturated heterocycles. The van der Waals surface area contributed by atoms with E-state index < -0.39 is 17.8 Å². The lowest BCUT2D eigenvalue weighted by Gasteiger charge is -2.15. The molecule has 3 heterocycles. The first kappa shape index (κ1) is 20.2. The van der Waals surface area contributed by atoms with Gasteiger partial charge in [0, 0.05) is 13.2 Å². The topological polar surface area (TPSA) is 89.9 Å². The summed E-state index contributed by atoms with van der Waals surface area (Å²) in [5, 5.41) is 0. The van der Waals surface area contributed by atoms with Gasteiger partial charge >= 0.3 is 6.18 Å². The number of nitrogens with two attached hydrogens (primary N) is 1. The summed E-state index contributed by atoms with van der Waals surface area (Å²) in [5.41, 5.74) is 4.73. The highest BCUT2D eigenvalue weighted by Gasteiger charge is 2.33. The van der Waals surface area contributed by atoms with E-state index in [2.05, 4.69) is 4.98 Å². The van der Waals surface area contributed by atoms with Gasteiger partial charge in [0.2, 0.25) is 5.91 Å². The zero-order chi connectivity index (χ0) is 21.2. The molecule has 2 amide bonds. The number of anilines is 1. The molecule has 0 spiro atoms. The molecular formula is C19H17F3N4O3. The second kappa shape index (κ2) is 7.82. The summed E-state index contributed by atoms with van der Waals surface area (Å²) in [6.07, 6.45) is -3.08. The van der Waals surface area contributed by atoms with E-state index in [0.717, 1.165) is 28.1 Å². The molecule has 0 fully saturated rings. The zero-order valence-corrected chi connectivity index (χ0v) is 15.3. The van der Waals surface area contributed by atoms with Gasteiger partial charge in [0.05, 0.1) is 18.7 Å². The first-order valence-electron chi connectivity index (χ1n) is 8.52. The van der Waals surface area contributed by atoms with Crippen molar-refractivity contribution in [1.82, 2.24) is 9.38 Å². The average molecular weight is 406 g/mol. The van der Waals surface area contributed by atoms with Crippen LogP contribution in [0.5, 0.6) is 5.75 Å². The minimum atomic E-state index is -4.50. The van der Waals surface area contributed by atoms with Crippen LogP contribution in [0.4, 0.5) is 18.9 Å².